The summed E-state index contributed by atoms with van der Waals surface area (Å²) in [7, 11) is 7.20. The van der Waals surface area contributed by atoms with Crippen LogP contribution in [0.15, 0.2) is 0 Å². The van der Waals surface area contributed by atoms with Crippen LogP contribution in [0.2, 0.25) is 0 Å². The number of quaternary nitrogens is 1. The Kier molecular flexibility index (Phi) is 6.31. The van der Waals surface area contributed by atoms with Crippen molar-refractivity contribution in [2.45, 2.75) is 38.8 Å². The van der Waals surface area contributed by atoms with Crippen molar-refractivity contribution in [1.29, 1.82) is 0 Å². The maximum absolute atomic E-state index is 6.05. The Hall–Kier alpha value is 0.0569. The first-order valence-corrected chi connectivity index (χ1v) is 7.41. The van der Waals surface area contributed by atoms with E-state index in [1.165, 1.54) is 0 Å². The molecule has 104 valence electrons. The fourth-order valence-corrected chi connectivity index (χ4v) is 2.65. The van der Waals surface area contributed by atoms with Crippen LogP contribution in [0.3, 0.4) is 0 Å². The highest BCUT2D eigenvalue weighted by molar-refractivity contribution is 6.14. The summed E-state index contributed by atoms with van der Waals surface area (Å²) in [6, 6.07) is 0. The molecule has 0 radical (unpaired) electrons. The van der Waals surface area contributed by atoms with E-state index in [0.717, 1.165) is 10.2 Å². The molecule has 0 aliphatic heterocycles. The van der Waals surface area contributed by atoms with Crippen LogP contribution in [0.25, 0.3) is 0 Å². The molecule has 0 rings (SSSR count). The van der Waals surface area contributed by atoms with Crippen LogP contribution >= 0.6 is 0 Å². The summed E-state index contributed by atoms with van der Waals surface area (Å²) in [6.07, 6.45) is 0. The van der Waals surface area contributed by atoms with E-state index in [1.807, 2.05) is 27.7 Å². The Balaban J connectivity index is 5.36. The SMILES string of the molecule is CCOC(C)(OCC)C([SiH3])(OCC)[N+](C)(C)C. The van der Waals surface area contributed by atoms with Gasteiger partial charge in [-0.25, -0.2) is 0 Å². The summed E-state index contributed by atoms with van der Waals surface area (Å²) in [4.78, 5) is 0. The Morgan fingerprint density at radius 1 is 0.882 bits per heavy atom. The van der Waals surface area contributed by atoms with Crippen LogP contribution in [-0.4, -0.2) is 66.8 Å². The average molecular weight is 264 g/mol. The van der Waals surface area contributed by atoms with Crippen molar-refractivity contribution < 1.29 is 18.7 Å². The normalized spacial score (nSPS) is 17.1. The van der Waals surface area contributed by atoms with E-state index in [-0.39, 0.29) is 0 Å². The van der Waals surface area contributed by atoms with Gasteiger partial charge in [-0.1, -0.05) is 0 Å². The minimum Gasteiger partial charge on any atom is -0.343 e. The molecule has 0 N–H and O–H groups in total. The molecule has 1 unspecified atom stereocenters. The van der Waals surface area contributed by atoms with Gasteiger partial charge < -0.3 is 18.7 Å². The molecule has 0 aromatic heterocycles. The monoisotopic (exact) mass is 264 g/mol. The highest BCUT2D eigenvalue weighted by Gasteiger charge is 2.57. The third-order valence-corrected chi connectivity index (χ3v) is 5.93. The van der Waals surface area contributed by atoms with Crippen LogP contribution in [0.1, 0.15) is 27.7 Å². The lowest BCUT2D eigenvalue weighted by Gasteiger charge is -2.52. The summed E-state index contributed by atoms with van der Waals surface area (Å²) in [5.41, 5.74) is 0. The highest BCUT2D eigenvalue weighted by atomic mass is 28.1. The molecule has 0 saturated heterocycles. The summed E-state index contributed by atoms with van der Waals surface area (Å²) >= 11 is 0. The second-order valence-corrected chi connectivity index (χ2v) is 6.60. The van der Waals surface area contributed by atoms with Gasteiger partial charge in [-0.3, -0.25) is 0 Å². The molecule has 0 bridgehead atoms. The maximum atomic E-state index is 6.05. The van der Waals surface area contributed by atoms with Gasteiger partial charge in [0.1, 0.15) is 10.2 Å². The first-order chi connectivity index (χ1) is 7.68. The molecule has 0 aromatic rings. The third-order valence-electron chi connectivity index (χ3n) is 3.39. The van der Waals surface area contributed by atoms with Gasteiger partial charge in [-0.05, 0) is 27.7 Å². The van der Waals surface area contributed by atoms with E-state index >= 15 is 0 Å². The molecular weight excluding hydrogens is 234 g/mol. The Bertz CT molecular complexity index is 224. The van der Waals surface area contributed by atoms with E-state index in [4.69, 9.17) is 14.2 Å². The summed E-state index contributed by atoms with van der Waals surface area (Å²) < 4.78 is 18.5. The molecule has 0 heterocycles. The minimum absolute atomic E-state index is 0.423. The van der Waals surface area contributed by atoms with E-state index in [2.05, 4.69) is 21.1 Å². The standard InChI is InChI=1S/C12H30NO3Si/c1-8-14-11(4,15-9-2)12(17,16-10-3)13(5,6)7/h8-10H2,1-7,17H3/q+1. The van der Waals surface area contributed by atoms with E-state index in [9.17, 15) is 0 Å². The van der Waals surface area contributed by atoms with Gasteiger partial charge in [-0.2, -0.15) is 0 Å². The van der Waals surface area contributed by atoms with E-state index in [0.29, 0.717) is 24.3 Å². The fraction of sp³-hybridized carbons (Fsp3) is 1.00. The Morgan fingerprint density at radius 3 is 1.47 bits per heavy atom. The van der Waals surface area contributed by atoms with Crippen molar-refractivity contribution in [3.05, 3.63) is 0 Å². The van der Waals surface area contributed by atoms with Crippen LogP contribution in [0.4, 0.5) is 0 Å². The van der Waals surface area contributed by atoms with Crippen LogP contribution in [-0.2, 0) is 14.2 Å². The van der Waals surface area contributed by atoms with Gasteiger partial charge in [0.2, 0.25) is 11.1 Å². The van der Waals surface area contributed by atoms with Crippen molar-refractivity contribution in [3.8, 4) is 0 Å². The van der Waals surface area contributed by atoms with Crippen molar-refractivity contribution >= 4 is 10.2 Å². The second kappa shape index (κ2) is 6.29. The molecule has 0 aromatic carbocycles. The summed E-state index contributed by atoms with van der Waals surface area (Å²) in [6.45, 7) is 9.88. The molecule has 0 aliphatic carbocycles. The predicted molar refractivity (Wildman–Crippen MR) is 74.0 cm³/mol. The van der Waals surface area contributed by atoms with Gasteiger partial charge >= 0.3 is 0 Å². The molecule has 0 amide bonds. The number of rotatable bonds is 8. The van der Waals surface area contributed by atoms with E-state index < -0.39 is 11.1 Å². The first kappa shape index (κ1) is 17.1. The third kappa shape index (κ3) is 3.51. The van der Waals surface area contributed by atoms with Gasteiger partial charge in [0.25, 0.3) is 0 Å². The number of nitrogens with zero attached hydrogens (tertiary/aromatic N) is 1. The molecule has 1 atom stereocenters. The molecule has 17 heavy (non-hydrogen) atoms. The maximum Gasteiger partial charge on any atom is 0.243 e. The zero-order chi connectivity index (χ0) is 13.7. The van der Waals surface area contributed by atoms with Crippen molar-refractivity contribution in [3.63, 3.8) is 0 Å². The number of ether oxygens (including phenoxy) is 3. The molecule has 0 saturated carbocycles. The first-order valence-electron chi connectivity index (χ1n) is 6.41. The average Bonchev–Trinajstić information content (AvgIpc) is 2.16. The lowest BCUT2D eigenvalue weighted by atomic mass is 10.2. The number of hydrogen-bond acceptors (Lipinski definition) is 3. The molecule has 4 nitrogen and oxygen atoms in total. The predicted octanol–water partition coefficient (Wildman–Crippen LogP) is 0.537. The largest absolute Gasteiger partial charge is 0.343 e. The lowest BCUT2D eigenvalue weighted by Crippen LogP contribution is -2.72. The smallest absolute Gasteiger partial charge is 0.243 e. The molecule has 0 spiro atoms. The lowest BCUT2D eigenvalue weighted by molar-refractivity contribution is -0.948. The zero-order valence-corrected chi connectivity index (χ0v) is 14.8. The molecular formula is C12H30NO3Si+. The van der Waals surface area contributed by atoms with E-state index in [1.54, 1.807) is 0 Å². The number of likely N-dealkylation sites (N-methyl/N-ethyl adjacent to an activating group) is 1. The summed E-state index contributed by atoms with van der Waals surface area (Å²) in [5, 5.41) is -0.423. The molecule has 5 heteroatoms. The van der Waals surface area contributed by atoms with Crippen LogP contribution < -0.4 is 0 Å². The van der Waals surface area contributed by atoms with Gasteiger partial charge in [0.15, 0.2) is 0 Å². The molecule has 0 aliphatic rings. The Morgan fingerprint density at radius 2 is 1.24 bits per heavy atom. The van der Waals surface area contributed by atoms with Gasteiger partial charge in [0.05, 0.1) is 27.7 Å². The number of hydrogen-bond donors (Lipinski definition) is 0. The van der Waals surface area contributed by atoms with Gasteiger partial charge in [0, 0.05) is 13.2 Å². The van der Waals surface area contributed by atoms with Crippen molar-refractivity contribution in [1.82, 2.24) is 0 Å². The summed E-state index contributed by atoms with van der Waals surface area (Å²) in [5.74, 6) is -0.697. The van der Waals surface area contributed by atoms with Crippen LogP contribution in [0, 0.1) is 0 Å². The van der Waals surface area contributed by atoms with Crippen molar-refractivity contribution in [2.24, 2.45) is 0 Å². The van der Waals surface area contributed by atoms with Gasteiger partial charge in [-0.15, -0.1) is 0 Å². The second-order valence-electron chi connectivity index (χ2n) is 5.24. The van der Waals surface area contributed by atoms with Crippen molar-refractivity contribution in [2.75, 3.05) is 41.0 Å². The zero-order valence-electron chi connectivity index (χ0n) is 12.8. The highest BCUT2D eigenvalue weighted by Crippen LogP contribution is 2.34. The topological polar surface area (TPSA) is 27.7 Å². The Labute approximate surface area is 109 Å². The van der Waals surface area contributed by atoms with Crippen LogP contribution in [0.5, 0.6) is 0 Å². The quantitative estimate of drug-likeness (QED) is 0.364. The minimum atomic E-state index is -0.697. The molecule has 0 fully saturated rings. The fourth-order valence-electron chi connectivity index (χ4n) is 2.08.